The van der Waals surface area contributed by atoms with Crippen LogP contribution in [0.25, 0.3) is 12.2 Å². The van der Waals surface area contributed by atoms with E-state index in [0.717, 1.165) is 30.7 Å². The highest BCUT2D eigenvalue weighted by Crippen LogP contribution is 2.49. The zero-order chi connectivity index (χ0) is 29.0. The summed E-state index contributed by atoms with van der Waals surface area (Å²) in [6.07, 6.45) is 26.8. The monoisotopic (exact) mass is 568 g/mol. The van der Waals surface area contributed by atoms with Crippen molar-refractivity contribution >= 4 is 29.8 Å². The fourth-order valence-corrected chi connectivity index (χ4v) is 7.97. The van der Waals surface area contributed by atoms with E-state index in [4.69, 9.17) is 15.0 Å². The number of aliphatic imine (C=N–C) groups is 3. The van der Waals surface area contributed by atoms with Crippen LogP contribution in [-0.2, 0) is 0 Å². The Hall–Kier alpha value is -4.96. The fraction of sp³-hybridized carbons (Fsp3) is 0.200. The minimum absolute atomic E-state index is 0.0421. The van der Waals surface area contributed by atoms with Gasteiger partial charge < -0.3 is 0 Å². The van der Waals surface area contributed by atoms with Gasteiger partial charge in [0.15, 0.2) is 0 Å². The highest BCUT2D eigenvalue weighted by atomic mass is 14.9. The van der Waals surface area contributed by atoms with Crippen LogP contribution in [-0.4, -0.2) is 22.6 Å². The van der Waals surface area contributed by atoms with Crippen LogP contribution in [0.5, 0.6) is 0 Å². The smallest absolute Gasteiger partial charge is 0.103 e. The zero-order valence-corrected chi connectivity index (χ0v) is 24.4. The summed E-state index contributed by atoms with van der Waals surface area (Å²) in [5.41, 5.74) is 13.5. The third-order valence-corrected chi connectivity index (χ3v) is 10.1. The first-order chi connectivity index (χ1) is 21.8. The maximum absolute atomic E-state index is 5.29. The van der Waals surface area contributed by atoms with Gasteiger partial charge in [-0.05, 0) is 76.4 Å². The average Bonchev–Trinajstić information content (AvgIpc) is 3.11. The summed E-state index contributed by atoms with van der Waals surface area (Å²) in [5.74, 6) is 1.31. The molecule has 0 bridgehead atoms. The highest BCUT2D eigenvalue weighted by molar-refractivity contribution is 6.07. The minimum Gasteiger partial charge on any atom is -0.282 e. The van der Waals surface area contributed by atoms with Gasteiger partial charge in [-0.3, -0.25) is 20.0 Å². The van der Waals surface area contributed by atoms with Crippen molar-refractivity contribution in [2.24, 2.45) is 32.7 Å². The van der Waals surface area contributed by atoms with Gasteiger partial charge in [0.25, 0.3) is 0 Å². The lowest BCUT2D eigenvalue weighted by atomic mass is 9.65. The van der Waals surface area contributed by atoms with Gasteiger partial charge >= 0.3 is 0 Å². The number of benzene rings is 2. The molecule has 0 radical (unpaired) electrons. The predicted octanol–water partition coefficient (Wildman–Crippen LogP) is 8.63. The number of hydrogen-bond acceptors (Lipinski definition) is 4. The third kappa shape index (κ3) is 4.12. The average molecular weight is 569 g/mol. The summed E-state index contributed by atoms with van der Waals surface area (Å²) >= 11 is 0. The molecule has 5 unspecified atom stereocenters. The Bertz CT molecular complexity index is 1960. The summed E-state index contributed by atoms with van der Waals surface area (Å²) < 4.78 is 0. The Kier molecular flexibility index (Phi) is 6.00. The van der Waals surface area contributed by atoms with Crippen molar-refractivity contribution in [1.29, 1.82) is 0 Å². The number of pyridine rings is 1. The molecule has 6 aliphatic rings. The van der Waals surface area contributed by atoms with E-state index in [9.17, 15) is 0 Å². The lowest BCUT2D eigenvalue weighted by Crippen LogP contribution is -2.35. The first kappa shape index (κ1) is 25.5. The van der Waals surface area contributed by atoms with E-state index < -0.39 is 0 Å². The van der Waals surface area contributed by atoms with Crippen LogP contribution in [0.4, 0.5) is 0 Å². The predicted molar refractivity (Wildman–Crippen MR) is 180 cm³/mol. The molecule has 212 valence electrons. The molecular weight excluding hydrogens is 536 g/mol. The SMILES string of the molecule is C1=CCC2C(=C1)N=C(c1ccc(C3=NC=C(C4=CC=NC5c6ncccc6C=CC45)CC3)cc1)C1C=Cc3ccccc3C12. The second-order valence-corrected chi connectivity index (χ2v) is 12.4. The molecule has 9 rings (SSSR count). The van der Waals surface area contributed by atoms with Crippen molar-refractivity contribution < 1.29 is 0 Å². The van der Waals surface area contributed by atoms with Crippen LogP contribution >= 0.6 is 0 Å². The molecule has 0 amide bonds. The summed E-state index contributed by atoms with van der Waals surface area (Å²) in [6.45, 7) is 0. The number of fused-ring (bicyclic) bond motifs is 8. The number of allylic oxidation sites excluding steroid dienone is 7. The molecule has 1 aromatic heterocycles. The summed E-state index contributed by atoms with van der Waals surface area (Å²) in [4.78, 5) is 19.8. The van der Waals surface area contributed by atoms with E-state index in [-0.39, 0.29) is 17.9 Å². The molecule has 0 saturated heterocycles. The molecule has 4 heterocycles. The second kappa shape index (κ2) is 10.3. The standard InChI is InChI=1S/C40H32N4/c1-2-8-31-25(6-1)15-19-34-37(31)33-9-3-4-10-36(33)44-38(34)28-13-11-26(12-14-28)35-20-17-29(24-43-35)30-21-23-42-40-32(30)18-16-27-7-5-22-41-39(27)40/h1-8,10-16,18-19,21-24,32-34,37,40H,9,17,20H2. The number of nitrogens with zero attached hydrogens (tertiary/aromatic N) is 4. The Labute approximate surface area is 258 Å². The van der Waals surface area contributed by atoms with Gasteiger partial charge in [-0.1, -0.05) is 91.1 Å². The number of rotatable bonds is 3. The first-order valence-corrected chi connectivity index (χ1v) is 15.8. The Morgan fingerprint density at radius 1 is 0.773 bits per heavy atom. The molecule has 0 spiro atoms. The normalized spacial score (nSPS) is 27.4. The molecule has 5 atom stereocenters. The van der Waals surface area contributed by atoms with Crippen molar-refractivity contribution in [3.05, 3.63) is 160 Å². The van der Waals surface area contributed by atoms with Gasteiger partial charge in [0, 0.05) is 53.7 Å². The van der Waals surface area contributed by atoms with Gasteiger partial charge in [-0.25, -0.2) is 0 Å². The molecule has 4 nitrogen and oxygen atoms in total. The van der Waals surface area contributed by atoms with Crippen LogP contribution in [0.2, 0.25) is 0 Å². The first-order valence-electron chi connectivity index (χ1n) is 15.8. The van der Waals surface area contributed by atoms with Crippen molar-refractivity contribution in [2.45, 2.75) is 31.2 Å². The van der Waals surface area contributed by atoms with E-state index in [1.165, 1.54) is 50.4 Å². The second-order valence-electron chi connectivity index (χ2n) is 12.4. The molecule has 3 aromatic rings. The molecule has 0 saturated carbocycles. The largest absolute Gasteiger partial charge is 0.282 e. The van der Waals surface area contributed by atoms with Crippen molar-refractivity contribution in [2.75, 3.05) is 0 Å². The Morgan fingerprint density at radius 2 is 1.61 bits per heavy atom. The zero-order valence-electron chi connectivity index (χ0n) is 24.4. The van der Waals surface area contributed by atoms with E-state index in [1.807, 2.05) is 18.5 Å². The summed E-state index contributed by atoms with van der Waals surface area (Å²) in [7, 11) is 0. The molecule has 2 aromatic carbocycles. The van der Waals surface area contributed by atoms with Crippen LogP contribution in [0, 0.1) is 17.8 Å². The van der Waals surface area contributed by atoms with E-state index >= 15 is 0 Å². The van der Waals surface area contributed by atoms with Crippen LogP contribution in [0.1, 0.15) is 64.7 Å². The molecule has 3 aliphatic heterocycles. The van der Waals surface area contributed by atoms with Crippen molar-refractivity contribution in [3.63, 3.8) is 0 Å². The summed E-state index contributed by atoms with van der Waals surface area (Å²) in [5, 5.41) is 0. The lowest BCUT2D eigenvalue weighted by molar-refractivity contribution is 0.424. The maximum Gasteiger partial charge on any atom is 0.103 e. The lowest BCUT2D eigenvalue weighted by Gasteiger charge is -2.41. The van der Waals surface area contributed by atoms with E-state index in [1.54, 1.807) is 0 Å². The van der Waals surface area contributed by atoms with Crippen LogP contribution in [0.3, 0.4) is 0 Å². The van der Waals surface area contributed by atoms with Gasteiger partial charge in [0.05, 0.1) is 11.4 Å². The van der Waals surface area contributed by atoms with Gasteiger partial charge in [-0.2, -0.15) is 0 Å². The van der Waals surface area contributed by atoms with E-state index in [2.05, 4.69) is 114 Å². The van der Waals surface area contributed by atoms with Crippen molar-refractivity contribution in [1.82, 2.24) is 4.98 Å². The van der Waals surface area contributed by atoms with Gasteiger partial charge in [0.1, 0.15) is 6.04 Å². The van der Waals surface area contributed by atoms with Crippen LogP contribution in [0.15, 0.2) is 141 Å². The molecule has 0 fully saturated rings. The summed E-state index contributed by atoms with van der Waals surface area (Å²) in [6, 6.07) is 22.0. The molecule has 4 heteroatoms. The molecular formula is C40H32N4. The third-order valence-electron chi connectivity index (χ3n) is 10.1. The number of hydrogen-bond donors (Lipinski definition) is 0. The van der Waals surface area contributed by atoms with Gasteiger partial charge in [0.2, 0.25) is 0 Å². The quantitative estimate of drug-likeness (QED) is 0.312. The minimum atomic E-state index is 0.0421. The molecule has 3 aliphatic carbocycles. The number of aromatic nitrogens is 1. The highest BCUT2D eigenvalue weighted by Gasteiger charge is 2.41. The fourth-order valence-electron chi connectivity index (χ4n) is 7.97. The van der Waals surface area contributed by atoms with Crippen LogP contribution < -0.4 is 0 Å². The van der Waals surface area contributed by atoms with Crippen molar-refractivity contribution in [3.8, 4) is 0 Å². The Morgan fingerprint density at radius 3 is 2.52 bits per heavy atom. The number of dihydropyridines is 1. The molecule has 0 N–H and O–H groups in total. The Balaban J connectivity index is 0.994. The molecule has 44 heavy (non-hydrogen) atoms. The maximum atomic E-state index is 5.29. The van der Waals surface area contributed by atoms with E-state index in [0.29, 0.717) is 11.8 Å². The van der Waals surface area contributed by atoms with Gasteiger partial charge in [-0.15, -0.1) is 0 Å². The topological polar surface area (TPSA) is 50.0 Å².